The lowest BCUT2D eigenvalue weighted by atomic mass is 10.1. The highest BCUT2D eigenvalue weighted by Gasteiger charge is 2.21. The van der Waals surface area contributed by atoms with Crippen LogP contribution in [0.1, 0.15) is 10.4 Å². The van der Waals surface area contributed by atoms with Crippen molar-refractivity contribution in [2.45, 2.75) is 0 Å². The molecule has 0 saturated heterocycles. The first-order valence-corrected chi connectivity index (χ1v) is 5.68. The van der Waals surface area contributed by atoms with Gasteiger partial charge in [0.25, 0.3) is 5.78 Å². The standard InChI is InChI=1S/C12H7BrO5/c1-17-12(16)10(14)8-5-6-4-7(13)2-3-9(6)18-11(8)15/h2-5H,1H3. The number of benzene rings is 1. The maximum absolute atomic E-state index is 11.6. The molecule has 0 fully saturated rings. The van der Waals surface area contributed by atoms with Gasteiger partial charge in [0.1, 0.15) is 11.1 Å². The summed E-state index contributed by atoms with van der Waals surface area (Å²) < 4.78 is 10.0. The molecule has 2 rings (SSSR count). The Balaban J connectivity index is 2.65. The van der Waals surface area contributed by atoms with Gasteiger partial charge in [-0.15, -0.1) is 0 Å². The number of fused-ring (bicyclic) bond motifs is 1. The number of ketones is 1. The predicted molar refractivity (Wildman–Crippen MR) is 66.5 cm³/mol. The van der Waals surface area contributed by atoms with E-state index in [1.165, 1.54) is 6.07 Å². The molecule has 0 unspecified atom stereocenters. The lowest BCUT2D eigenvalue weighted by Gasteiger charge is -2.01. The van der Waals surface area contributed by atoms with Gasteiger partial charge < -0.3 is 9.15 Å². The lowest BCUT2D eigenvalue weighted by Crippen LogP contribution is -2.22. The van der Waals surface area contributed by atoms with Crippen molar-refractivity contribution in [2.24, 2.45) is 0 Å². The lowest BCUT2D eigenvalue weighted by molar-refractivity contribution is -0.135. The van der Waals surface area contributed by atoms with E-state index >= 15 is 0 Å². The molecular formula is C12H7BrO5. The Morgan fingerprint density at radius 2 is 2.00 bits per heavy atom. The van der Waals surface area contributed by atoms with Crippen LogP contribution in [0.25, 0.3) is 11.0 Å². The van der Waals surface area contributed by atoms with Crippen LogP contribution in [0.3, 0.4) is 0 Å². The quantitative estimate of drug-likeness (QED) is 0.366. The topological polar surface area (TPSA) is 73.6 Å². The van der Waals surface area contributed by atoms with Crippen molar-refractivity contribution >= 4 is 38.7 Å². The number of rotatable bonds is 2. The fourth-order valence-corrected chi connectivity index (χ4v) is 1.83. The van der Waals surface area contributed by atoms with E-state index in [2.05, 4.69) is 20.7 Å². The molecule has 0 bridgehead atoms. The Hall–Kier alpha value is -1.95. The van der Waals surface area contributed by atoms with Gasteiger partial charge in [0, 0.05) is 9.86 Å². The van der Waals surface area contributed by atoms with Crippen molar-refractivity contribution in [3.05, 3.63) is 44.7 Å². The molecule has 0 aliphatic heterocycles. The Labute approximate surface area is 109 Å². The van der Waals surface area contributed by atoms with Crippen LogP contribution in [0.2, 0.25) is 0 Å². The molecule has 92 valence electrons. The van der Waals surface area contributed by atoms with Crippen molar-refractivity contribution in [3.63, 3.8) is 0 Å². The summed E-state index contributed by atoms with van der Waals surface area (Å²) in [6, 6.07) is 6.28. The van der Waals surface area contributed by atoms with Crippen LogP contribution in [0.15, 0.2) is 37.9 Å². The number of Topliss-reactive ketones (excluding diaryl/α,β-unsaturated/α-hetero) is 1. The molecule has 18 heavy (non-hydrogen) atoms. The molecule has 1 aromatic carbocycles. The molecule has 0 radical (unpaired) electrons. The van der Waals surface area contributed by atoms with E-state index in [0.717, 1.165) is 11.6 Å². The Morgan fingerprint density at radius 1 is 1.28 bits per heavy atom. The van der Waals surface area contributed by atoms with Gasteiger partial charge >= 0.3 is 11.6 Å². The van der Waals surface area contributed by atoms with Gasteiger partial charge in [-0.1, -0.05) is 15.9 Å². The van der Waals surface area contributed by atoms with Gasteiger partial charge in [-0.2, -0.15) is 0 Å². The monoisotopic (exact) mass is 310 g/mol. The third-order valence-electron chi connectivity index (χ3n) is 2.31. The van der Waals surface area contributed by atoms with E-state index in [-0.39, 0.29) is 5.56 Å². The molecule has 0 atom stereocenters. The second-order valence-electron chi connectivity index (χ2n) is 3.45. The largest absolute Gasteiger partial charge is 0.463 e. The van der Waals surface area contributed by atoms with Crippen molar-refractivity contribution in [3.8, 4) is 0 Å². The highest BCUT2D eigenvalue weighted by atomic mass is 79.9. The maximum Gasteiger partial charge on any atom is 0.379 e. The SMILES string of the molecule is COC(=O)C(=O)c1cc2cc(Br)ccc2oc1=O. The highest BCUT2D eigenvalue weighted by Crippen LogP contribution is 2.19. The molecule has 1 heterocycles. The first-order valence-electron chi connectivity index (χ1n) is 4.89. The molecule has 0 aliphatic carbocycles. The minimum Gasteiger partial charge on any atom is -0.463 e. The molecule has 0 N–H and O–H groups in total. The van der Waals surface area contributed by atoms with E-state index in [1.54, 1.807) is 18.2 Å². The summed E-state index contributed by atoms with van der Waals surface area (Å²) in [7, 11) is 1.07. The molecule has 2 aromatic rings. The third kappa shape index (κ3) is 2.19. The molecule has 0 saturated carbocycles. The minimum absolute atomic E-state index is 0.338. The van der Waals surface area contributed by atoms with Gasteiger partial charge in [0.2, 0.25) is 0 Å². The smallest absolute Gasteiger partial charge is 0.379 e. The van der Waals surface area contributed by atoms with Crippen molar-refractivity contribution < 1.29 is 18.7 Å². The summed E-state index contributed by atoms with van der Waals surface area (Å²) in [5.74, 6) is -2.12. The molecular weight excluding hydrogens is 304 g/mol. The van der Waals surface area contributed by atoms with Crippen LogP contribution < -0.4 is 5.63 Å². The number of carbonyl (C=O) groups is 2. The van der Waals surface area contributed by atoms with Crippen LogP contribution in [0.5, 0.6) is 0 Å². The number of halogens is 1. The van der Waals surface area contributed by atoms with Crippen LogP contribution in [0.4, 0.5) is 0 Å². The minimum atomic E-state index is -1.10. The van der Waals surface area contributed by atoms with E-state index in [4.69, 9.17) is 4.42 Å². The number of esters is 1. The van der Waals surface area contributed by atoms with Crippen LogP contribution in [-0.4, -0.2) is 18.9 Å². The fraction of sp³-hybridized carbons (Fsp3) is 0.0833. The van der Waals surface area contributed by atoms with E-state index < -0.39 is 17.4 Å². The molecule has 0 spiro atoms. The zero-order valence-corrected chi connectivity index (χ0v) is 10.8. The first-order chi connectivity index (χ1) is 8.52. The number of hydrogen-bond donors (Lipinski definition) is 0. The van der Waals surface area contributed by atoms with Crippen LogP contribution in [0, 0.1) is 0 Å². The van der Waals surface area contributed by atoms with Crippen molar-refractivity contribution in [1.82, 2.24) is 0 Å². The van der Waals surface area contributed by atoms with E-state index in [1.807, 2.05) is 0 Å². The Morgan fingerprint density at radius 3 is 2.67 bits per heavy atom. The molecule has 1 aromatic heterocycles. The molecule has 5 nitrogen and oxygen atoms in total. The summed E-state index contributed by atoms with van der Waals surface area (Å²) in [6.45, 7) is 0. The summed E-state index contributed by atoms with van der Waals surface area (Å²) in [6.07, 6.45) is 0. The Bertz CT molecular complexity index is 701. The van der Waals surface area contributed by atoms with Crippen LogP contribution >= 0.6 is 15.9 Å². The molecule has 6 heteroatoms. The van der Waals surface area contributed by atoms with Crippen molar-refractivity contribution in [1.29, 1.82) is 0 Å². The van der Waals surface area contributed by atoms with Gasteiger partial charge in [0.15, 0.2) is 0 Å². The van der Waals surface area contributed by atoms with Gasteiger partial charge in [-0.3, -0.25) is 4.79 Å². The Kier molecular flexibility index (Phi) is 3.29. The van der Waals surface area contributed by atoms with Crippen molar-refractivity contribution in [2.75, 3.05) is 7.11 Å². The van der Waals surface area contributed by atoms with E-state index in [9.17, 15) is 14.4 Å². The molecule has 0 aliphatic rings. The normalized spacial score (nSPS) is 10.3. The molecule has 0 amide bonds. The fourth-order valence-electron chi connectivity index (χ4n) is 1.46. The van der Waals surface area contributed by atoms with Gasteiger partial charge in [-0.05, 0) is 24.3 Å². The van der Waals surface area contributed by atoms with E-state index in [0.29, 0.717) is 11.0 Å². The first kappa shape index (κ1) is 12.5. The second-order valence-corrected chi connectivity index (χ2v) is 4.37. The zero-order chi connectivity index (χ0) is 13.3. The highest BCUT2D eigenvalue weighted by molar-refractivity contribution is 9.10. The number of ether oxygens (including phenoxy) is 1. The maximum atomic E-state index is 11.6. The zero-order valence-electron chi connectivity index (χ0n) is 9.23. The predicted octanol–water partition coefficient (Wildman–Crippen LogP) is 1.91. The van der Waals surface area contributed by atoms with Gasteiger partial charge in [0.05, 0.1) is 7.11 Å². The third-order valence-corrected chi connectivity index (χ3v) is 2.80. The second kappa shape index (κ2) is 4.73. The average Bonchev–Trinajstić information content (AvgIpc) is 2.36. The van der Waals surface area contributed by atoms with Crippen LogP contribution in [-0.2, 0) is 9.53 Å². The summed E-state index contributed by atoms with van der Waals surface area (Å²) in [5.41, 5.74) is -0.864. The summed E-state index contributed by atoms with van der Waals surface area (Å²) in [5, 5.41) is 0.538. The number of hydrogen-bond acceptors (Lipinski definition) is 5. The summed E-state index contributed by atoms with van der Waals surface area (Å²) >= 11 is 3.26. The average molecular weight is 311 g/mol. The van der Waals surface area contributed by atoms with Gasteiger partial charge in [-0.25, -0.2) is 9.59 Å². The number of carbonyl (C=O) groups excluding carboxylic acids is 2. The number of methoxy groups -OCH3 is 1. The summed E-state index contributed by atoms with van der Waals surface area (Å²) in [4.78, 5) is 34.3.